The first-order valence-electron chi connectivity index (χ1n) is 11.9. The fraction of sp³-hybridized carbons (Fsp3) is 0.222. The lowest BCUT2D eigenvalue weighted by Crippen LogP contribution is -2.35. The van der Waals surface area contributed by atoms with Gasteiger partial charge in [0, 0.05) is 11.8 Å². The number of methoxy groups -OCH3 is 1. The molecule has 1 aliphatic rings. The number of carbonyl (C=O) groups excluding carboxylic acids is 1. The molecule has 0 saturated heterocycles. The molecular weight excluding hydrogens is 506 g/mol. The second-order valence-corrected chi connectivity index (χ2v) is 9.83. The number of aromatic nitrogens is 4. The standard InChI is InChI=1S/C27H23N5O5S/c1-14-7-18(23-19(8-14)31-21(34-3)11-29-23)26-32-22-15(2)9-20-24(25(22)38-26)35-12-17(37-20)13-36-27(33)30-16-5-4-6-28-10-16/h4-11,17H,12-13H2,1-3H3,(H,30,33). The summed E-state index contributed by atoms with van der Waals surface area (Å²) in [5, 5.41) is 3.44. The van der Waals surface area contributed by atoms with Crippen molar-refractivity contribution in [1.82, 2.24) is 19.9 Å². The zero-order valence-corrected chi connectivity index (χ0v) is 21.7. The minimum atomic E-state index is -0.586. The molecule has 1 amide bonds. The van der Waals surface area contributed by atoms with Gasteiger partial charge in [0.05, 0.1) is 41.7 Å². The van der Waals surface area contributed by atoms with Crippen LogP contribution < -0.4 is 19.5 Å². The van der Waals surface area contributed by atoms with Crippen molar-refractivity contribution in [1.29, 1.82) is 0 Å². The Morgan fingerprint density at radius 3 is 2.89 bits per heavy atom. The number of amides is 1. The molecule has 3 aromatic heterocycles. The topological polar surface area (TPSA) is 118 Å². The predicted molar refractivity (Wildman–Crippen MR) is 143 cm³/mol. The first-order chi connectivity index (χ1) is 18.5. The average molecular weight is 530 g/mol. The van der Waals surface area contributed by atoms with E-state index in [1.165, 1.54) is 17.5 Å². The van der Waals surface area contributed by atoms with Crippen molar-refractivity contribution in [3.63, 3.8) is 0 Å². The third-order valence-corrected chi connectivity index (χ3v) is 7.09. The van der Waals surface area contributed by atoms with E-state index in [0.717, 1.165) is 42.9 Å². The molecule has 2 aromatic carbocycles. The molecule has 5 aromatic rings. The summed E-state index contributed by atoms with van der Waals surface area (Å²) in [6.07, 6.45) is 3.74. The van der Waals surface area contributed by atoms with E-state index < -0.39 is 12.2 Å². The molecule has 1 aliphatic heterocycles. The largest absolute Gasteiger partial charge is 0.484 e. The number of carbonyl (C=O) groups is 1. The van der Waals surface area contributed by atoms with Crippen LogP contribution in [0.5, 0.6) is 17.4 Å². The van der Waals surface area contributed by atoms with Gasteiger partial charge in [-0.25, -0.2) is 19.7 Å². The molecule has 1 N–H and O–H groups in total. The number of nitrogens with one attached hydrogen (secondary N) is 1. The van der Waals surface area contributed by atoms with E-state index in [4.69, 9.17) is 23.9 Å². The molecule has 0 aliphatic carbocycles. The third-order valence-electron chi connectivity index (χ3n) is 6.00. The van der Waals surface area contributed by atoms with Crippen molar-refractivity contribution < 1.29 is 23.7 Å². The Kier molecular flexibility index (Phi) is 6.12. The van der Waals surface area contributed by atoms with Gasteiger partial charge in [0.15, 0.2) is 17.6 Å². The highest BCUT2D eigenvalue weighted by Crippen LogP contribution is 2.46. The number of fused-ring (bicyclic) bond motifs is 4. The van der Waals surface area contributed by atoms with Crippen molar-refractivity contribution in [3.8, 4) is 28.0 Å². The van der Waals surface area contributed by atoms with Crippen LogP contribution in [0.4, 0.5) is 10.5 Å². The molecule has 0 saturated carbocycles. The number of pyridine rings is 1. The number of ether oxygens (including phenoxy) is 4. The molecule has 38 heavy (non-hydrogen) atoms. The van der Waals surface area contributed by atoms with E-state index >= 15 is 0 Å². The lowest BCUT2D eigenvalue weighted by atomic mass is 10.1. The van der Waals surface area contributed by atoms with Gasteiger partial charge in [-0.15, -0.1) is 11.3 Å². The Balaban J connectivity index is 1.26. The van der Waals surface area contributed by atoms with Crippen molar-refractivity contribution in [2.24, 2.45) is 0 Å². The van der Waals surface area contributed by atoms with Crippen molar-refractivity contribution in [2.45, 2.75) is 20.0 Å². The van der Waals surface area contributed by atoms with Crippen LogP contribution in [0, 0.1) is 13.8 Å². The summed E-state index contributed by atoms with van der Waals surface area (Å²) >= 11 is 1.52. The SMILES string of the molecule is COc1cnc2c(-c3nc4c(C)cc5c(c4s3)OCC(COC(=O)Nc3cccnc3)O5)cc(C)cc2n1. The molecule has 1 atom stereocenters. The van der Waals surface area contributed by atoms with Gasteiger partial charge in [-0.3, -0.25) is 10.3 Å². The van der Waals surface area contributed by atoms with Crippen LogP contribution in [0.3, 0.4) is 0 Å². The molecular formula is C27H23N5O5S. The van der Waals surface area contributed by atoms with E-state index in [1.807, 2.05) is 26.0 Å². The lowest BCUT2D eigenvalue weighted by molar-refractivity contribution is 0.0383. The van der Waals surface area contributed by atoms with Crippen LogP contribution in [0.1, 0.15) is 11.1 Å². The average Bonchev–Trinajstić information content (AvgIpc) is 3.38. The first kappa shape index (κ1) is 23.9. The Bertz CT molecular complexity index is 1670. The van der Waals surface area contributed by atoms with Gasteiger partial charge in [0.1, 0.15) is 22.9 Å². The molecule has 11 heteroatoms. The fourth-order valence-corrected chi connectivity index (χ4v) is 5.42. The van der Waals surface area contributed by atoms with Crippen LogP contribution >= 0.6 is 11.3 Å². The van der Waals surface area contributed by atoms with E-state index in [0.29, 0.717) is 23.1 Å². The fourth-order valence-electron chi connectivity index (χ4n) is 4.26. The summed E-state index contributed by atoms with van der Waals surface area (Å²) in [6.45, 7) is 4.27. The highest BCUT2D eigenvalue weighted by molar-refractivity contribution is 7.22. The molecule has 0 bridgehead atoms. The second-order valence-electron chi connectivity index (χ2n) is 8.83. The zero-order valence-electron chi connectivity index (χ0n) is 20.8. The number of hydrogen-bond donors (Lipinski definition) is 1. The van der Waals surface area contributed by atoms with Gasteiger partial charge in [-0.05, 0) is 55.3 Å². The molecule has 6 rings (SSSR count). The molecule has 1 unspecified atom stereocenters. The highest BCUT2D eigenvalue weighted by atomic mass is 32.1. The Hall–Kier alpha value is -4.51. The molecule has 4 heterocycles. The number of anilines is 1. The summed E-state index contributed by atoms with van der Waals surface area (Å²) < 4.78 is 23.7. The summed E-state index contributed by atoms with van der Waals surface area (Å²) in [5.41, 5.74) is 5.78. The Labute approximate surface area is 221 Å². The maximum absolute atomic E-state index is 12.1. The van der Waals surface area contributed by atoms with Crippen LogP contribution in [0.25, 0.3) is 31.8 Å². The third kappa shape index (κ3) is 4.52. The van der Waals surface area contributed by atoms with Gasteiger partial charge in [-0.1, -0.05) is 0 Å². The van der Waals surface area contributed by atoms with Crippen LogP contribution in [-0.2, 0) is 4.74 Å². The monoisotopic (exact) mass is 529 g/mol. The highest BCUT2D eigenvalue weighted by Gasteiger charge is 2.27. The summed E-state index contributed by atoms with van der Waals surface area (Å²) in [4.78, 5) is 30.2. The lowest BCUT2D eigenvalue weighted by Gasteiger charge is -2.26. The Morgan fingerprint density at radius 2 is 2.08 bits per heavy atom. The molecule has 0 spiro atoms. The van der Waals surface area contributed by atoms with E-state index in [9.17, 15) is 4.79 Å². The molecule has 0 radical (unpaired) electrons. The van der Waals surface area contributed by atoms with E-state index in [-0.39, 0.29) is 13.2 Å². The second kappa shape index (κ2) is 9.75. The van der Waals surface area contributed by atoms with E-state index in [1.54, 1.807) is 31.6 Å². The summed E-state index contributed by atoms with van der Waals surface area (Å²) in [5.74, 6) is 1.69. The van der Waals surface area contributed by atoms with Crippen molar-refractivity contribution in [2.75, 3.05) is 25.6 Å². The quantitative estimate of drug-likeness (QED) is 0.323. The summed E-state index contributed by atoms with van der Waals surface area (Å²) in [7, 11) is 1.57. The number of hydrogen-bond acceptors (Lipinski definition) is 10. The smallest absolute Gasteiger partial charge is 0.411 e. The number of aryl methyl sites for hydroxylation is 2. The summed E-state index contributed by atoms with van der Waals surface area (Å²) in [6, 6.07) is 9.40. The number of benzene rings is 2. The Morgan fingerprint density at radius 1 is 1.18 bits per heavy atom. The minimum Gasteiger partial charge on any atom is -0.484 e. The first-order valence-corrected chi connectivity index (χ1v) is 12.7. The minimum absolute atomic E-state index is 0.0357. The van der Waals surface area contributed by atoms with E-state index in [2.05, 4.69) is 26.3 Å². The normalized spacial score (nSPS) is 14.4. The zero-order chi connectivity index (χ0) is 26.2. The number of rotatable bonds is 5. The maximum atomic E-state index is 12.1. The van der Waals surface area contributed by atoms with Crippen LogP contribution in [0.15, 0.2) is 48.9 Å². The molecule has 0 fully saturated rings. The van der Waals surface area contributed by atoms with Gasteiger partial charge >= 0.3 is 6.09 Å². The van der Waals surface area contributed by atoms with Gasteiger partial charge in [0.25, 0.3) is 0 Å². The van der Waals surface area contributed by atoms with Crippen LogP contribution in [0.2, 0.25) is 0 Å². The predicted octanol–water partition coefficient (Wildman–Crippen LogP) is 5.32. The van der Waals surface area contributed by atoms with Gasteiger partial charge in [0.2, 0.25) is 5.88 Å². The van der Waals surface area contributed by atoms with Gasteiger partial charge in [-0.2, -0.15) is 0 Å². The van der Waals surface area contributed by atoms with Gasteiger partial charge < -0.3 is 18.9 Å². The molecule has 192 valence electrons. The maximum Gasteiger partial charge on any atom is 0.411 e. The number of thiazole rings is 1. The van der Waals surface area contributed by atoms with Crippen LogP contribution in [-0.4, -0.2) is 52.5 Å². The van der Waals surface area contributed by atoms with Crippen molar-refractivity contribution >= 4 is 44.4 Å². The molecule has 10 nitrogen and oxygen atoms in total. The van der Waals surface area contributed by atoms with Crippen molar-refractivity contribution in [3.05, 3.63) is 60.0 Å². The number of nitrogens with zero attached hydrogens (tertiary/aromatic N) is 4.